The minimum Gasteiger partial charge on any atom is -0.396 e. The second kappa shape index (κ2) is 9.21. The predicted octanol–water partition coefficient (Wildman–Crippen LogP) is 4.15. The van der Waals surface area contributed by atoms with Crippen molar-refractivity contribution in [2.24, 2.45) is 16.7 Å². The van der Waals surface area contributed by atoms with E-state index in [1.165, 1.54) is 12.8 Å². The SMILES string of the molecule is C[C@]1(CO)[C@H]2Cc3sc(Nc4cccnc4)nc3[C@@H](CC(=O)NC3CCCC3)[C@]2(C)CC[C@H]1O. The third-order valence-corrected chi connectivity index (χ3v) is 9.93. The Kier molecular flexibility index (Phi) is 6.42. The van der Waals surface area contributed by atoms with Gasteiger partial charge in [0.05, 0.1) is 30.3 Å². The molecule has 4 N–H and O–H groups in total. The fourth-order valence-electron chi connectivity index (χ4n) is 6.80. The summed E-state index contributed by atoms with van der Waals surface area (Å²) in [5.74, 6) is 0.107. The van der Waals surface area contributed by atoms with Crippen molar-refractivity contribution < 1.29 is 15.0 Å². The molecule has 2 fully saturated rings. The molecule has 2 aromatic rings. The highest BCUT2D eigenvalue weighted by atomic mass is 32.1. The van der Waals surface area contributed by atoms with Crippen LogP contribution in [0.15, 0.2) is 24.5 Å². The Morgan fingerprint density at radius 2 is 2.06 bits per heavy atom. The number of nitrogens with one attached hydrogen (secondary N) is 2. The third kappa shape index (κ3) is 4.14. The number of carbonyl (C=O) groups is 1. The van der Waals surface area contributed by atoms with Gasteiger partial charge in [-0.15, -0.1) is 11.3 Å². The van der Waals surface area contributed by atoms with E-state index in [-0.39, 0.29) is 35.8 Å². The zero-order valence-electron chi connectivity index (χ0n) is 20.1. The van der Waals surface area contributed by atoms with Crippen LogP contribution in [0.5, 0.6) is 0 Å². The number of hydrogen-bond acceptors (Lipinski definition) is 7. The van der Waals surface area contributed by atoms with Crippen LogP contribution in [0.4, 0.5) is 10.8 Å². The van der Waals surface area contributed by atoms with Crippen LogP contribution < -0.4 is 10.6 Å². The van der Waals surface area contributed by atoms with Crippen molar-refractivity contribution in [3.63, 3.8) is 0 Å². The van der Waals surface area contributed by atoms with Crippen LogP contribution in [0, 0.1) is 16.7 Å². The molecule has 0 aliphatic heterocycles. The molecular formula is C26H36N4O3S. The normalized spacial score (nSPS) is 33.2. The van der Waals surface area contributed by atoms with E-state index in [1.54, 1.807) is 23.7 Å². The zero-order chi connectivity index (χ0) is 23.9. The lowest BCUT2D eigenvalue weighted by atomic mass is 9.47. The summed E-state index contributed by atoms with van der Waals surface area (Å²) in [5, 5.41) is 28.8. The number of thiazole rings is 1. The molecule has 0 unspecified atom stereocenters. The standard InChI is InChI=1S/C26H36N4O3S/c1-25-10-9-21(32)26(2,15-31)20(25)13-19-23(18(25)12-22(33)28-16-6-3-4-7-16)30-24(34-19)29-17-8-5-11-27-14-17/h5,8,11,14,16,18,20-21,31-32H,3-4,6-7,9-10,12-13,15H2,1-2H3,(H,28,33)(H,29,30)/t18-,20+,21-,25+,26+/m1/s1. The molecular weight excluding hydrogens is 448 g/mol. The van der Waals surface area contributed by atoms with Crippen LogP contribution in [0.3, 0.4) is 0 Å². The molecule has 0 aromatic carbocycles. The molecule has 7 nitrogen and oxygen atoms in total. The van der Waals surface area contributed by atoms with Gasteiger partial charge in [-0.05, 0) is 55.6 Å². The lowest BCUT2D eigenvalue weighted by Gasteiger charge is -2.58. The smallest absolute Gasteiger partial charge is 0.220 e. The largest absolute Gasteiger partial charge is 0.396 e. The molecule has 3 aliphatic rings. The summed E-state index contributed by atoms with van der Waals surface area (Å²) in [6, 6.07) is 4.13. The zero-order valence-corrected chi connectivity index (χ0v) is 20.9. The first-order valence-corrected chi connectivity index (χ1v) is 13.4. The van der Waals surface area contributed by atoms with Crippen LogP contribution in [-0.2, 0) is 11.2 Å². The average Bonchev–Trinajstić information content (AvgIpc) is 3.48. The van der Waals surface area contributed by atoms with Crippen LogP contribution >= 0.6 is 11.3 Å². The summed E-state index contributed by atoms with van der Waals surface area (Å²) >= 11 is 1.62. The second-order valence-electron chi connectivity index (χ2n) is 11.0. The molecule has 2 saturated carbocycles. The second-order valence-corrected chi connectivity index (χ2v) is 12.1. The molecule has 0 radical (unpaired) electrons. The number of hydrogen-bond donors (Lipinski definition) is 4. The van der Waals surface area contributed by atoms with Gasteiger partial charge < -0.3 is 20.8 Å². The summed E-state index contributed by atoms with van der Waals surface area (Å²) in [6.07, 6.45) is 10.0. The summed E-state index contributed by atoms with van der Waals surface area (Å²) in [7, 11) is 0. The fourth-order valence-corrected chi connectivity index (χ4v) is 7.89. The van der Waals surface area contributed by atoms with Gasteiger partial charge in [-0.3, -0.25) is 9.78 Å². The van der Waals surface area contributed by atoms with E-state index in [4.69, 9.17) is 4.98 Å². The average molecular weight is 485 g/mol. The van der Waals surface area contributed by atoms with E-state index >= 15 is 0 Å². The van der Waals surface area contributed by atoms with E-state index in [1.807, 2.05) is 19.1 Å². The topological polar surface area (TPSA) is 107 Å². The number of aliphatic hydroxyl groups is 2. The Balaban J connectivity index is 1.49. The van der Waals surface area contributed by atoms with E-state index in [0.29, 0.717) is 12.8 Å². The van der Waals surface area contributed by atoms with Gasteiger partial charge in [0.25, 0.3) is 0 Å². The number of fused-ring (bicyclic) bond motifs is 2. The minimum absolute atomic E-state index is 0.0540. The maximum absolute atomic E-state index is 13.2. The molecule has 34 heavy (non-hydrogen) atoms. The van der Waals surface area contributed by atoms with Crippen molar-refractivity contribution >= 4 is 28.1 Å². The van der Waals surface area contributed by atoms with E-state index < -0.39 is 11.5 Å². The Bertz CT molecular complexity index is 1020. The first kappa shape index (κ1) is 23.7. The highest BCUT2D eigenvalue weighted by molar-refractivity contribution is 7.15. The first-order valence-electron chi connectivity index (χ1n) is 12.6. The number of aliphatic hydroxyl groups excluding tert-OH is 2. The molecule has 0 spiro atoms. The highest BCUT2D eigenvalue weighted by Crippen LogP contribution is 2.62. The number of anilines is 2. The molecule has 1 amide bonds. The van der Waals surface area contributed by atoms with Crippen molar-refractivity contribution in [1.29, 1.82) is 0 Å². The summed E-state index contributed by atoms with van der Waals surface area (Å²) < 4.78 is 0. The van der Waals surface area contributed by atoms with Crippen LogP contribution in [0.1, 0.15) is 75.3 Å². The predicted molar refractivity (Wildman–Crippen MR) is 133 cm³/mol. The lowest BCUT2D eigenvalue weighted by Crippen LogP contribution is -2.57. The van der Waals surface area contributed by atoms with Crippen molar-refractivity contribution in [3.05, 3.63) is 35.1 Å². The molecule has 8 heteroatoms. The molecule has 3 aliphatic carbocycles. The fraction of sp³-hybridized carbons (Fsp3) is 0.654. The molecule has 0 saturated heterocycles. The minimum atomic E-state index is -0.605. The van der Waals surface area contributed by atoms with Crippen LogP contribution in [0.25, 0.3) is 0 Å². The van der Waals surface area contributed by atoms with Gasteiger partial charge >= 0.3 is 0 Å². The highest BCUT2D eigenvalue weighted by Gasteiger charge is 2.59. The van der Waals surface area contributed by atoms with Gasteiger partial charge in [-0.25, -0.2) is 4.98 Å². The Morgan fingerprint density at radius 3 is 2.76 bits per heavy atom. The van der Waals surface area contributed by atoms with Gasteiger partial charge in [-0.1, -0.05) is 26.7 Å². The molecule has 2 aromatic heterocycles. The number of nitrogens with zero attached hydrogens (tertiary/aromatic N) is 2. The molecule has 2 heterocycles. The number of amides is 1. The van der Waals surface area contributed by atoms with Crippen molar-refractivity contribution in [1.82, 2.24) is 15.3 Å². The molecule has 184 valence electrons. The van der Waals surface area contributed by atoms with Gasteiger partial charge in [0, 0.05) is 34.9 Å². The number of pyridine rings is 1. The van der Waals surface area contributed by atoms with Crippen molar-refractivity contribution in [3.8, 4) is 0 Å². The first-order chi connectivity index (χ1) is 16.3. The molecule has 0 bridgehead atoms. The van der Waals surface area contributed by atoms with E-state index in [2.05, 4.69) is 22.5 Å². The van der Waals surface area contributed by atoms with Crippen molar-refractivity contribution in [2.75, 3.05) is 11.9 Å². The van der Waals surface area contributed by atoms with Gasteiger partial charge in [0.1, 0.15) is 0 Å². The summed E-state index contributed by atoms with van der Waals surface area (Å²) in [5.41, 5.74) is 1.05. The Hall–Kier alpha value is -2.03. The van der Waals surface area contributed by atoms with Crippen LogP contribution in [0.2, 0.25) is 0 Å². The number of rotatable bonds is 6. The van der Waals surface area contributed by atoms with Gasteiger partial charge in [0.2, 0.25) is 5.91 Å². The lowest BCUT2D eigenvalue weighted by molar-refractivity contribution is -0.144. The van der Waals surface area contributed by atoms with Crippen molar-refractivity contribution in [2.45, 2.75) is 83.3 Å². The number of aromatic nitrogens is 2. The summed E-state index contributed by atoms with van der Waals surface area (Å²) in [6.45, 7) is 4.20. The van der Waals surface area contributed by atoms with Gasteiger partial charge in [-0.2, -0.15) is 0 Å². The van der Waals surface area contributed by atoms with Gasteiger partial charge in [0.15, 0.2) is 5.13 Å². The van der Waals surface area contributed by atoms with E-state index in [0.717, 1.165) is 47.1 Å². The summed E-state index contributed by atoms with van der Waals surface area (Å²) in [4.78, 5) is 23.6. The number of carbonyl (C=O) groups excluding carboxylic acids is 1. The maximum atomic E-state index is 13.2. The Morgan fingerprint density at radius 1 is 1.26 bits per heavy atom. The monoisotopic (exact) mass is 484 g/mol. The quantitative estimate of drug-likeness (QED) is 0.491. The molecule has 5 atom stereocenters. The third-order valence-electron chi connectivity index (χ3n) is 8.92. The van der Waals surface area contributed by atoms with Crippen LogP contribution in [-0.4, -0.2) is 44.8 Å². The Labute approximate surface area is 205 Å². The van der Waals surface area contributed by atoms with E-state index in [9.17, 15) is 15.0 Å². The molecule has 5 rings (SSSR count). The maximum Gasteiger partial charge on any atom is 0.220 e.